The number of esters is 1. The number of carbonyl (C=O) groups excluding carboxylic acids is 2. The second-order valence-corrected chi connectivity index (χ2v) is 24.6. The van der Waals surface area contributed by atoms with Gasteiger partial charge < -0.3 is 20.3 Å². The Balaban J connectivity index is 3.38. The second kappa shape index (κ2) is 68.6. The van der Waals surface area contributed by atoms with Gasteiger partial charge in [-0.05, 0) is 77.0 Å². The fourth-order valence-corrected chi connectivity index (χ4v) is 11.2. The van der Waals surface area contributed by atoms with Crippen LogP contribution in [0.25, 0.3) is 0 Å². The first-order chi connectivity index (χ1) is 39.0. The highest BCUT2D eigenvalue weighted by Crippen LogP contribution is 2.19. The highest BCUT2D eigenvalue weighted by molar-refractivity contribution is 5.76. The standard InChI is InChI=1S/C73H139NO5/c1-3-5-7-9-11-13-15-17-18-19-20-32-35-38-42-45-49-53-57-61-65-71(76)70(69-75)74-72(77)66-62-58-54-50-46-43-39-36-33-30-28-26-24-22-21-23-25-27-29-31-34-37-40-44-48-52-56-60-64-68-79-73(78)67-63-59-55-51-47-41-16-14-12-10-8-6-4-2/h8,10,14,16,21,23,70-71,75-76H,3-7,9,11-13,15,17-20,22,24-69H2,1-2H3,(H,74,77)/b10-8-,16-14-,23-21-. The van der Waals surface area contributed by atoms with Crippen LogP contribution >= 0.6 is 0 Å². The minimum atomic E-state index is -0.665. The molecule has 0 saturated carbocycles. The number of amides is 1. The van der Waals surface area contributed by atoms with E-state index in [4.69, 9.17) is 4.74 Å². The summed E-state index contributed by atoms with van der Waals surface area (Å²) in [7, 11) is 0. The van der Waals surface area contributed by atoms with Crippen molar-refractivity contribution in [3.63, 3.8) is 0 Å². The SMILES string of the molecule is CCC/C=C\C/C=C\CCCCCCCC(=O)OCCCCCCCCCCCCCC/C=C\CCCCCCCCCCCCCCCC(=O)NC(CO)C(O)CCCCCCCCCCCCCCCCCCCCCC. The lowest BCUT2D eigenvalue weighted by Crippen LogP contribution is -2.45. The Kier molecular flexibility index (Phi) is 66.9. The molecular weight excluding hydrogens is 971 g/mol. The number of ether oxygens (including phenoxy) is 1. The Hall–Kier alpha value is -1.92. The van der Waals surface area contributed by atoms with Crippen molar-refractivity contribution in [1.29, 1.82) is 0 Å². The predicted octanol–water partition coefficient (Wildman–Crippen LogP) is 23.1. The van der Waals surface area contributed by atoms with Gasteiger partial charge in [-0.3, -0.25) is 9.59 Å². The molecule has 0 aromatic rings. The maximum Gasteiger partial charge on any atom is 0.305 e. The molecule has 0 aliphatic rings. The van der Waals surface area contributed by atoms with E-state index in [2.05, 4.69) is 55.6 Å². The molecule has 79 heavy (non-hydrogen) atoms. The van der Waals surface area contributed by atoms with Crippen molar-refractivity contribution >= 4 is 11.9 Å². The topological polar surface area (TPSA) is 95.9 Å². The molecule has 0 radical (unpaired) electrons. The summed E-state index contributed by atoms with van der Waals surface area (Å²) in [5.41, 5.74) is 0. The third-order valence-electron chi connectivity index (χ3n) is 16.6. The number of aliphatic hydroxyl groups is 2. The van der Waals surface area contributed by atoms with Crippen LogP contribution in [-0.2, 0) is 14.3 Å². The monoisotopic (exact) mass is 1110 g/mol. The van der Waals surface area contributed by atoms with Gasteiger partial charge >= 0.3 is 5.97 Å². The largest absolute Gasteiger partial charge is 0.466 e. The molecule has 0 fully saturated rings. The van der Waals surface area contributed by atoms with Crippen molar-refractivity contribution in [3.05, 3.63) is 36.5 Å². The zero-order valence-corrected chi connectivity index (χ0v) is 53.4. The van der Waals surface area contributed by atoms with E-state index in [0.717, 1.165) is 51.4 Å². The van der Waals surface area contributed by atoms with Crippen molar-refractivity contribution in [2.45, 2.75) is 405 Å². The van der Waals surface area contributed by atoms with E-state index >= 15 is 0 Å². The lowest BCUT2D eigenvalue weighted by atomic mass is 10.0. The lowest BCUT2D eigenvalue weighted by Gasteiger charge is -2.22. The summed E-state index contributed by atoms with van der Waals surface area (Å²) in [4.78, 5) is 24.6. The van der Waals surface area contributed by atoms with Crippen LogP contribution in [0.3, 0.4) is 0 Å². The van der Waals surface area contributed by atoms with E-state index in [0.29, 0.717) is 25.9 Å². The molecule has 0 rings (SSSR count). The van der Waals surface area contributed by atoms with Crippen molar-refractivity contribution in [2.75, 3.05) is 13.2 Å². The number of allylic oxidation sites excluding steroid dienone is 6. The van der Waals surface area contributed by atoms with Gasteiger partial charge in [-0.1, -0.05) is 339 Å². The molecule has 2 atom stereocenters. The first-order valence-corrected chi connectivity index (χ1v) is 35.7. The summed E-state index contributed by atoms with van der Waals surface area (Å²) < 4.78 is 5.47. The fraction of sp³-hybridized carbons (Fsp3) is 0.890. The van der Waals surface area contributed by atoms with Crippen LogP contribution in [0.4, 0.5) is 0 Å². The van der Waals surface area contributed by atoms with Crippen LogP contribution in [0, 0.1) is 0 Å². The summed E-state index contributed by atoms with van der Waals surface area (Å²) in [5.74, 6) is -0.0288. The minimum Gasteiger partial charge on any atom is -0.466 e. The number of carbonyl (C=O) groups is 2. The first kappa shape index (κ1) is 77.1. The van der Waals surface area contributed by atoms with Gasteiger partial charge in [0.05, 0.1) is 25.4 Å². The molecule has 0 aliphatic heterocycles. The molecule has 1 amide bonds. The van der Waals surface area contributed by atoms with Crippen LogP contribution in [0.15, 0.2) is 36.5 Å². The molecule has 0 bridgehead atoms. The summed E-state index contributed by atoms with van der Waals surface area (Å²) in [6.07, 6.45) is 87.7. The fourth-order valence-electron chi connectivity index (χ4n) is 11.2. The number of unbranched alkanes of at least 4 members (excludes halogenated alkanes) is 50. The zero-order valence-electron chi connectivity index (χ0n) is 53.4. The zero-order chi connectivity index (χ0) is 57.1. The maximum atomic E-state index is 12.5. The summed E-state index contributed by atoms with van der Waals surface area (Å²) >= 11 is 0. The number of hydrogen-bond acceptors (Lipinski definition) is 5. The normalized spacial score (nSPS) is 12.7. The Bertz CT molecular complexity index is 1280. The average Bonchev–Trinajstić information content (AvgIpc) is 3.45. The van der Waals surface area contributed by atoms with Gasteiger partial charge in [0.1, 0.15) is 0 Å². The highest BCUT2D eigenvalue weighted by Gasteiger charge is 2.20. The summed E-state index contributed by atoms with van der Waals surface area (Å²) in [6.45, 7) is 4.92. The third kappa shape index (κ3) is 65.1. The van der Waals surface area contributed by atoms with Gasteiger partial charge in [0.25, 0.3) is 0 Å². The summed E-state index contributed by atoms with van der Waals surface area (Å²) in [5, 5.41) is 23.4. The van der Waals surface area contributed by atoms with Gasteiger partial charge in [-0.15, -0.1) is 0 Å². The molecule has 0 aliphatic carbocycles. The molecule has 2 unspecified atom stereocenters. The van der Waals surface area contributed by atoms with Gasteiger partial charge in [-0.25, -0.2) is 0 Å². The molecule has 466 valence electrons. The third-order valence-corrected chi connectivity index (χ3v) is 16.6. The van der Waals surface area contributed by atoms with E-state index in [9.17, 15) is 19.8 Å². The van der Waals surface area contributed by atoms with Gasteiger partial charge in [-0.2, -0.15) is 0 Å². The van der Waals surface area contributed by atoms with E-state index in [1.54, 1.807) is 0 Å². The van der Waals surface area contributed by atoms with E-state index in [1.807, 2.05) is 0 Å². The Morgan fingerprint density at radius 2 is 0.658 bits per heavy atom. The molecule has 0 saturated heterocycles. The van der Waals surface area contributed by atoms with Crippen LogP contribution in [0.5, 0.6) is 0 Å². The Labute approximate surface area is 494 Å². The molecule has 6 heteroatoms. The van der Waals surface area contributed by atoms with Crippen molar-refractivity contribution < 1.29 is 24.5 Å². The number of nitrogens with one attached hydrogen (secondary N) is 1. The molecular formula is C73H139NO5. The van der Waals surface area contributed by atoms with Gasteiger partial charge in [0.15, 0.2) is 0 Å². The average molecular weight is 1110 g/mol. The van der Waals surface area contributed by atoms with Crippen LogP contribution < -0.4 is 5.32 Å². The van der Waals surface area contributed by atoms with Gasteiger partial charge in [0, 0.05) is 12.8 Å². The molecule has 0 spiro atoms. The van der Waals surface area contributed by atoms with E-state index in [1.165, 1.54) is 308 Å². The first-order valence-electron chi connectivity index (χ1n) is 35.7. The van der Waals surface area contributed by atoms with Crippen molar-refractivity contribution in [2.24, 2.45) is 0 Å². The van der Waals surface area contributed by atoms with E-state index in [-0.39, 0.29) is 18.5 Å². The number of aliphatic hydroxyl groups excluding tert-OH is 2. The second-order valence-electron chi connectivity index (χ2n) is 24.6. The molecule has 0 aromatic heterocycles. The predicted molar refractivity (Wildman–Crippen MR) is 347 cm³/mol. The van der Waals surface area contributed by atoms with Crippen LogP contribution in [-0.4, -0.2) is 47.4 Å². The number of hydrogen-bond donors (Lipinski definition) is 3. The minimum absolute atomic E-state index is 0.00149. The molecule has 3 N–H and O–H groups in total. The smallest absolute Gasteiger partial charge is 0.305 e. The van der Waals surface area contributed by atoms with E-state index < -0.39 is 12.1 Å². The van der Waals surface area contributed by atoms with Crippen LogP contribution in [0.2, 0.25) is 0 Å². The summed E-state index contributed by atoms with van der Waals surface area (Å²) in [6, 6.07) is -0.542. The Morgan fingerprint density at radius 3 is 1.03 bits per heavy atom. The molecule has 0 heterocycles. The lowest BCUT2D eigenvalue weighted by molar-refractivity contribution is -0.143. The quantitative estimate of drug-likeness (QED) is 0.0320. The molecule has 6 nitrogen and oxygen atoms in total. The van der Waals surface area contributed by atoms with Crippen LogP contribution in [0.1, 0.15) is 393 Å². The highest BCUT2D eigenvalue weighted by atomic mass is 16.5. The van der Waals surface area contributed by atoms with Crippen molar-refractivity contribution in [1.82, 2.24) is 5.32 Å². The number of rotatable bonds is 67. The maximum absolute atomic E-state index is 12.5. The molecule has 0 aromatic carbocycles. The van der Waals surface area contributed by atoms with Crippen molar-refractivity contribution in [3.8, 4) is 0 Å². The van der Waals surface area contributed by atoms with Gasteiger partial charge in [0.2, 0.25) is 5.91 Å². The Morgan fingerprint density at radius 1 is 0.354 bits per heavy atom.